The first-order valence-corrected chi connectivity index (χ1v) is 6.40. The second kappa shape index (κ2) is 3.46. The van der Waals surface area contributed by atoms with Gasteiger partial charge in [0, 0.05) is 10.7 Å². The number of nitrogens with one attached hydrogen (secondary N) is 2. The van der Waals surface area contributed by atoms with Crippen molar-refractivity contribution in [1.29, 1.82) is 0 Å². The lowest BCUT2D eigenvalue weighted by Crippen LogP contribution is -2.22. The van der Waals surface area contributed by atoms with E-state index >= 15 is 0 Å². The summed E-state index contributed by atoms with van der Waals surface area (Å²) in [5.41, 5.74) is -1.38. The molecule has 1 aromatic carbocycles. The van der Waals surface area contributed by atoms with Crippen LogP contribution in [0.5, 0.6) is 0 Å². The Morgan fingerprint density at radius 1 is 1.12 bits per heavy atom. The van der Waals surface area contributed by atoms with E-state index in [1.807, 2.05) is 4.98 Å². The molecule has 0 amide bonds. The Hall–Kier alpha value is -1.60. The standard InChI is InChI=1S/C8H5ClN2O4S/c9-16(14,15)5-3-1-2-4-6(5)7(12)11-8(13)10-4/h1-3H,(H2,10,11,12,13). The fourth-order valence-electron chi connectivity index (χ4n) is 1.39. The highest BCUT2D eigenvalue weighted by Crippen LogP contribution is 2.20. The molecule has 0 bridgehead atoms. The number of hydrogen-bond donors (Lipinski definition) is 2. The SMILES string of the molecule is O=c1[nH]c(=O)c2c(S(=O)(=O)Cl)cccc2[nH]1. The summed E-state index contributed by atoms with van der Waals surface area (Å²) in [7, 11) is 1.14. The number of fused-ring (bicyclic) bond motifs is 1. The van der Waals surface area contributed by atoms with E-state index in [4.69, 9.17) is 10.7 Å². The molecule has 6 nitrogen and oxygen atoms in total. The average Bonchev–Trinajstić information content (AvgIpc) is 2.14. The largest absolute Gasteiger partial charge is 0.326 e. The zero-order chi connectivity index (χ0) is 11.9. The molecule has 2 aromatic rings. The van der Waals surface area contributed by atoms with Crippen LogP contribution in [0.3, 0.4) is 0 Å². The molecule has 0 fully saturated rings. The zero-order valence-corrected chi connectivity index (χ0v) is 9.22. The number of H-pyrrole nitrogens is 2. The van der Waals surface area contributed by atoms with Gasteiger partial charge in [0.15, 0.2) is 0 Å². The summed E-state index contributed by atoms with van der Waals surface area (Å²) in [4.78, 5) is 26.4. The molecule has 84 valence electrons. The van der Waals surface area contributed by atoms with Crippen molar-refractivity contribution in [2.45, 2.75) is 4.90 Å². The highest BCUT2D eigenvalue weighted by molar-refractivity contribution is 8.14. The molecule has 1 aromatic heterocycles. The van der Waals surface area contributed by atoms with Gasteiger partial charge in [-0.1, -0.05) is 6.07 Å². The van der Waals surface area contributed by atoms with Crippen LogP contribution in [0.25, 0.3) is 10.9 Å². The van der Waals surface area contributed by atoms with Gasteiger partial charge in [0.05, 0.1) is 15.8 Å². The van der Waals surface area contributed by atoms with Gasteiger partial charge in [0.1, 0.15) is 0 Å². The predicted octanol–water partition coefficient (Wildman–Crippen LogP) is 0.144. The molecule has 16 heavy (non-hydrogen) atoms. The van der Waals surface area contributed by atoms with Crippen molar-refractivity contribution in [2.24, 2.45) is 0 Å². The second-order valence-corrected chi connectivity index (χ2v) is 5.56. The lowest BCUT2D eigenvalue weighted by Gasteiger charge is -2.00. The van der Waals surface area contributed by atoms with Crippen molar-refractivity contribution >= 4 is 30.6 Å². The molecule has 0 saturated carbocycles. The smallest absolute Gasteiger partial charge is 0.307 e. The van der Waals surface area contributed by atoms with E-state index in [9.17, 15) is 18.0 Å². The van der Waals surface area contributed by atoms with Gasteiger partial charge in [0.2, 0.25) is 0 Å². The minimum absolute atomic E-state index is 0.121. The summed E-state index contributed by atoms with van der Waals surface area (Å²) >= 11 is 0. The van der Waals surface area contributed by atoms with Crippen molar-refractivity contribution < 1.29 is 8.42 Å². The van der Waals surface area contributed by atoms with Crippen LogP contribution in [0.1, 0.15) is 0 Å². The summed E-state index contributed by atoms with van der Waals surface area (Å²) < 4.78 is 22.4. The van der Waals surface area contributed by atoms with Gasteiger partial charge < -0.3 is 4.98 Å². The average molecular weight is 261 g/mol. The van der Waals surface area contributed by atoms with Crippen LogP contribution in [-0.4, -0.2) is 18.4 Å². The van der Waals surface area contributed by atoms with E-state index in [1.165, 1.54) is 18.2 Å². The fourth-order valence-corrected chi connectivity index (χ4v) is 2.47. The number of aromatic nitrogens is 2. The first-order chi connectivity index (χ1) is 7.39. The number of aromatic amines is 2. The summed E-state index contributed by atoms with van der Waals surface area (Å²) in [6.07, 6.45) is 0. The summed E-state index contributed by atoms with van der Waals surface area (Å²) in [6, 6.07) is 3.99. The maximum absolute atomic E-state index is 11.5. The minimum Gasteiger partial charge on any atom is -0.307 e. The Bertz CT molecular complexity index is 774. The number of halogens is 1. The van der Waals surface area contributed by atoms with Gasteiger partial charge >= 0.3 is 5.69 Å². The van der Waals surface area contributed by atoms with Crippen LogP contribution in [-0.2, 0) is 9.05 Å². The van der Waals surface area contributed by atoms with Gasteiger partial charge in [-0.2, -0.15) is 0 Å². The Morgan fingerprint density at radius 3 is 2.44 bits per heavy atom. The van der Waals surface area contributed by atoms with E-state index in [-0.39, 0.29) is 15.8 Å². The molecule has 0 spiro atoms. The molecular weight excluding hydrogens is 256 g/mol. The second-order valence-electron chi connectivity index (χ2n) is 3.02. The van der Waals surface area contributed by atoms with Crippen molar-refractivity contribution in [3.05, 3.63) is 39.0 Å². The Kier molecular flexibility index (Phi) is 2.36. The third-order valence-electron chi connectivity index (χ3n) is 1.99. The summed E-state index contributed by atoms with van der Waals surface area (Å²) in [5.74, 6) is 0. The highest BCUT2D eigenvalue weighted by Gasteiger charge is 2.16. The van der Waals surface area contributed by atoms with Crippen molar-refractivity contribution in [3.63, 3.8) is 0 Å². The van der Waals surface area contributed by atoms with E-state index < -0.39 is 20.3 Å². The Balaban J connectivity index is 3.11. The predicted molar refractivity (Wildman–Crippen MR) is 58.2 cm³/mol. The molecule has 1 heterocycles. The molecule has 0 aliphatic carbocycles. The van der Waals surface area contributed by atoms with Crippen LogP contribution in [0.15, 0.2) is 32.7 Å². The molecule has 0 unspecified atom stereocenters. The van der Waals surface area contributed by atoms with Crippen molar-refractivity contribution in [3.8, 4) is 0 Å². The highest BCUT2D eigenvalue weighted by atomic mass is 35.7. The van der Waals surface area contributed by atoms with Crippen LogP contribution in [0, 0.1) is 0 Å². The van der Waals surface area contributed by atoms with Crippen molar-refractivity contribution in [2.75, 3.05) is 0 Å². The summed E-state index contributed by atoms with van der Waals surface area (Å²) in [5, 5.41) is -0.155. The van der Waals surface area contributed by atoms with Gasteiger partial charge in [-0.25, -0.2) is 13.2 Å². The third-order valence-corrected chi connectivity index (χ3v) is 3.36. The lowest BCUT2D eigenvalue weighted by molar-refractivity contribution is 0.610. The number of hydrogen-bond acceptors (Lipinski definition) is 4. The first kappa shape index (κ1) is 10.9. The quantitative estimate of drug-likeness (QED) is 0.713. The molecule has 0 radical (unpaired) electrons. The molecule has 0 aliphatic rings. The molecule has 0 aliphatic heterocycles. The third kappa shape index (κ3) is 1.74. The normalized spacial score (nSPS) is 11.8. The van der Waals surface area contributed by atoms with Crippen LogP contribution >= 0.6 is 10.7 Å². The Labute approximate surface area is 93.3 Å². The van der Waals surface area contributed by atoms with Crippen LogP contribution in [0.4, 0.5) is 0 Å². The van der Waals surface area contributed by atoms with Crippen molar-refractivity contribution in [1.82, 2.24) is 9.97 Å². The fraction of sp³-hybridized carbons (Fsp3) is 0. The van der Waals surface area contributed by atoms with E-state index in [2.05, 4.69) is 4.98 Å². The first-order valence-electron chi connectivity index (χ1n) is 4.09. The van der Waals surface area contributed by atoms with Gasteiger partial charge in [0.25, 0.3) is 14.6 Å². The van der Waals surface area contributed by atoms with Gasteiger partial charge in [-0.15, -0.1) is 0 Å². The molecular formula is C8H5ClN2O4S. The zero-order valence-electron chi connectivity index (χ0n) is 7.65. The lowest BCUT2D eigenvalue weighted by atomic mass is 10.2. The van der Waals surface area contributed by atoms with Gasteiger partial charge in [-0.3, -0.25) is 9.78 Å². The maximum atomic E-state index is 11.5. The molecule has 0 atom stereocenters. The molecule has 2 N–H and O–H groups in total. The monoisotopic (exact) mass is 260 g/mol. The van der Waals surface area contributed by atoms with Crippen LogP contribution in [0.2, 0.25) is 0 Å². The number of rotatable bonds is 1. The van der Waals surface area contributed by atoms with E-state index in [0.717, 1.165) is 0 Å². The maximum Gasteiger partial charge on any atom is 0.326 e. The minimum atomic E-state index is -4.03. The summed E-state index contributed by atoms with van der Waals surface area (Å²) in [6.45, 7) is 0. The van der Waals surface area contributed by atoms with E-state index in [0.29, 0.717) is 0 Å². The van der Waals surface area contributed by atoms with Crippen LogP contribution < -0.4 is 11.2 Å². The molecule has 8 heteroatoms. The topological polar surface area (TPSA) is 99.9 Å². The number of benzene rings is 1. The Morgan fingerprint density at radius 2 is 1.81 bits per heavy atom. The molecule has 0 saturated heterocycles. The van der Waals surface area contributed by atoms with E-state index in [1.54, 1.807) is 0 Å². The molecule has 2 rings (SSSR count). The van der Waals surface area contributed by atoms with Gasteiger partial charge in [-0.05, 0) is 12.1 Å².